The van der Waals surface area contributed by atoms with Gasteiger partial charge in [-0.1, -0.05) is 12.1 Å². The van der Waals surface area contributed by atoms with E-state index in [1.807, 2.05) is 81.4 Å². The Labute approximate surface area is 175 Å². The SMILES string of the molecule is Cc1cc(B2OC(C)(C)C(C)(C)O2)cc(C)c1OCC(C)NC(=O)OC(C)(C)C. The molecule has 0 radical (unpaired) electrons. The monoisotopic (exact) mass is 405 g/mol. The minimum atomic E-state index is -0.527. The summed E-state index contributed by atoms with van der Waals surface area (Å²) in [4.78, 5) is 11.9. The number of ether oxygens (including phenoxy) is 2. The molecule has 0 saturated carbocycles. The summed E-state index contributed by atoms with van der Waals surface area (Å²) in [5.74, 6) is 0.808. The molecule has 162 valence electrons. The van der Waals surface area contributed by atoms with Crippen LogP contribution in [0, 0.1) is 13.8 Å². The average Bonchev–Trinajstić information content (AvgIpc) is 2.72. The van der Waals surface area contributed by atoms with Crippen LogP contribution in [0.5, 0.6) is 5.75 Å². The van der Waals surface area contributed by atoms with Crippen LogP contribution in [0.3, 0.4) is 0 Å². The Morgan fingerprint density at radius 1 is 1.10 bits per heavy atom. The number of carbonyl (C=O) groups is 1. The van der Waals surface area contributed by atoms with Gasteiger partial charge in [-0.25, -0.2) is 4.79 Å². The van der Waals surface area contributed by atoms with Crippen LogP contribution in [0.1, 0.15) is 66.5 Å². The predicted octanol–water partition coefficient (Wildman–Crippen LogP) is 3.89. The van der Waals surface area contributed by atoms with E-state index >= 15 is 0 Å². The Balaban J connectivity index is 2.02. The van der Waals surface area contributed by atoms with E-state index in [9.17, 15) is 4.79 Å². The van der Waals surface area contributed by atoms with Crippen molar-refractivity contribution < 1.29 is 23.6 Å². The van der Waals surface area contributed by atoms with Crippen molar-refractivity contribution in [1.29, 1.82) is 0 Å². The fourth-order valence-electron chi connectivity index (χ4n) is 3.09. The van der Waals surface area contributed by atoms with E-state index in [1.54, 1.807) is 0 Å². The fourth-order valence-corrected chi connectivity index (χ4v) is 3.09. The second-order valence-electron chi connectivity index (χ2n) is 9.93. The molecule has 1 aliphatic rings. The number of hydrogen-bond acceptors (Lipinski definition) is 5. The molecule has 1 heterocycles. The fraction of sp³-hybridized carbons (Fsp3) is 0.682. The zero-order valence-corrected chi connectivity index (χ0v) is 19.6. The lowest BCUT2D eigenvalue weighted by Gasteiger charge is -2.32. The molecule has 1 saturated heterocycles. The molecular weight excluding hydrogens is 369 g/mol. The molecule has 1 aliphatic heterocycles. The summed E-state index contributed by atoms with van der Waals surface area (Å²) in [5, 5.41) is 2.79. The van der Waals surface area contributed by atoms with Crippen molar-refractivity contribution in [2.24, 2.45) is 0 Å². The van der Waals surface area contributed by atoms with Crippen LogP contribution < -0.4 is 15.5 Å². The summed E-state index contributed by atoms with van der Waals surface area (Å²) < 4.78 is 23.6. The molecule has 0 bridgehead atoms. The Bertz CT molecular complexity index is 715. The molecule has 0 aromatic heterocycles. The lowest BCUT2D eigenvalue weighted by atomic mass is 9.77. The van der Waals surface area contributed by atoms with Gasteiger partial charge in [0.2, 0.25) is 0 Å². The molecule has 7 heteroatoms. The van der Waals surface area contributed by atoms with Gasteiger partial charge >= 0.3 is 13.2 Å². The van der Waals surface area contributed by atoms with Crippen LogP contribution in [0.25, 0.3) is 0 Å². The summed E-state index contributed by atoms with van der Waals surface area (Å²) in [7, 11) is -0.404. The highest BCUT2D eigenvalue weighted by Gasteiger charge is 2.51. The van der Waals surface area contributed by atoms with Crippen LogP contribution in [-0.4, -0.2) is 42.7 Å². The van der Waals surface area contributed by atoms with E-state index in [0.29, 0.717) is 6.61 Å². The van der Waals surface area contributed by atoms with Crippen LogP contribution in [0.15, 0.2) is 12.1 Å². The van der Waals surface area contributed by atoms with Crippen LogP contribution in [0.4, 0.5) is 4.79 Å². The van der Waals surface area contributed by atoms with Crippen molar-refractivity contribution in [1.82, 2.24) is 5.32 Å². The van der Waals surface area contributed by atoms with E-state index in [0.717, 1.165) is 22.3 Å². The molecule has 1 atom stereocenters. The normalized spacial score (nSPS) is 19.0. The Morgan fingerprint density at radius 2 is 1.59 bits per heavy atom. The summed E-state index contributed by atoms with van der Waals surface area (Å²) in [6.45, 7) is 19.9. The third-order valence-electron chi connectivity index (χ3n) is 5.25. The van der Waals surface area contributed by atoms with Gasteiger partial charge in [0.1, 0.15) is 18.0 Å². The van der Waals surface area contributed by atoms with Crippen molar-refractivity contribution in [2.75, 3.05) is 6.61 Å². The van der Waals surface area contributed by atoms with Gasteiger partial charge in [0.05, 0.1) is 17.2 Å². The molecule has 1 aromatic rings. The third-order valence-corrected chi connectivity index (χ3v) is 5.25. The summed E-state index contributed by atoms with van der Waals surface area (Å²) >= 11 is 0. The molecule has 0 aliphatic carbocycles. The highest BCUT2D eigenvalue weighted by molar-refractivity contribution is 6.62. The highest BCUT2D eigenvalue weighted by Crippen LogP contribution is 2.37. The number of rotatable bonds is 5. The van der Waals surface area contributed by atoms with Crippen molar-refractivity contribution in [3.05, 3.63) is 23.3 Å². The van der Waals surface area contributed by atoms with Gasteiger partial charge in [0.25, 0.3) is 0 Å². The van der Waals surface area contributed by atoms with Crippen LogP contribution in [-0.2, 0) is 14.0 Å². The van der Waals surface area contributed by atoms with Gasteiger partial charge in [-0.15, -0.1) is 0 Å². The van der Waals surface area contributed by atoms with E-state index in [-0.39, 0.29) is 17.2 Å². The van der Waals surface area contributed by atoms with Crippen LogP contribution >= 0.6 is 0 Å². The molecule has 1 amide bonds. The standard InChI is InChI=1S/C22H36BNO5/c1-14-11-17(23-28-21(7,8)22(9,10)29-23)12-15(2)18(14)26-13-16(3)24-19(25)27-20(4,5)6/h11-12,16H,13H2,1-10H3,(H,24,25). The van der Waals surface area contributed by atoms with E-state index in [4.69, 9.17) is 18.8 Å². The number of benzene rings is 1. The first-order valence-corrected chi connectivity index (χ1v) is 10.2. The van der Waals surface area contributed by atoms with Crippen molar-refractivity contribution in [3.63, 3.8) is 0 Å². The minimum absolute atomic E-state index is 0.188. The van der Waals surface area contributed by atoms with E-state index in [1.165, 1.54) is 0 Å². The van der Waals surface area contributed by atoms with E-state index < -0.39 is 18.8 Å². The zero-order valence-electron chi connectivity index (χ0n) is 19.6. The highest BCUT2D eigenvalue weighted by atomic mass is 16.7. The first kappa shape index (κ1) is 23.6. The molecular formula is C22H36BNO5. The Morgan fingerprint density at radius 3 is 2.03 bits per heavy atom. The maximum absolute atomic E-state index is 11.9. The van der Waals surface area contributed by atoms with Gasteiger partial charge in [0.15, 0.2) is 0 Å². The van der Waals surface area contributed by atoms with Gasteiger partial charge in [0, 0.05) is 0 Å². The zero-order chi connectivity index (χ0) is 22.2. The lowest BCUT2D eigenvalue weighted by Crippen LogP contribution is -2.41. The quantitative estimate of drug-likeness (QED) is 0.753. The first-order valence-electron chi connectivity index (χ1n) is 10.2. The molecule has 29 heavy (non-hydrogen) atoms. The first-order chi connectivity index (χ1) is 13.1. The maximum atomic E-state index is 11.9. The minimum Gasteiger partial charge on any atom is -0.491 e. The summed E-state index contributed by atoms with van der Waals surface area (Å²) in [6, 6.07) is 3.89. The lowest BCUT2D eigenvalue weighted by molar-refractivity contribution is 0.00578. The number of hydrogen-bond donors (Lipinski definition) is 1. The van der Waals surface area contributed by atoms with Gasteiger partial charge in [-0.3, -0.25) is 0 Å². The second-order valence-corrected chi connectivity index (χ2v) is 9.93. The number of aryl methyl sites for hydroxylation is 2. The van der Waals surface area contributed by atoms with Gasteiger partial charge in [-0.2, -0.15) is 0 Å². The van der Waals surface area contributed by atoms with Crippen molar-refractivity contribution >= 4 is 18.7 Å². The summed E-state index contributed by atoms with van der Waals surface area (Å²) in [5.41, 5.74) is 1.69. The summed E-state index contributed by atoms with van der Waals surface area (Å²) in [6.07, 6.45) is -0.446. The molecule has 6 nitrogen and oxygen atoms in total. The topological polar surface area (TPSA) is 66.0 Å². The predicted molar refractivity (Wildman–Crippen MR) is 116 cm³/mol. The third kappa shape index (κ3) is 5.89. The number of amides is 1. The average molecular weight is 405 g/mol. The number of alkyl carbamates (subject to hydrolysis) is 1. The Kier molecular flexibility index (Phi) is 6.65. The number of nitrogens with one attached hydrogen (secondary N) is 1. The second kappa shape index (κ2) is 8.19. The van der Waals surface area contributed by atoms with Crippen LogP contribution in [0.2, 0.25) is 0 Å². The largest absolute Gasteiger partial charge is 0.494 e. The molecule has 0 spiro atoms. The molecule has 1 unspecified atom stereocenters. The molecule has 1 fully saturated rings. The number of carbonyl (C=O) groups excluding carboxylic acids is 1. The van der Waals surface area contributed by atoms with Crippen molar-refractivity contribution in [3.8, 4) is 5.75 Å². The maximum Gasteiger partial charge on any atom is 0.494 e. The molecule has 2 rings (SSSR count). The van der Waals surface area contributed by atoms with E-state index in [2.05, 4.69) is 5.32 Å². The Hall–Kier alpha value is -1.73. The molecule has 1 N–H and O–H groups in total. The smallest absolute Gasteiger partial charge is 0.491 e. The molecule has 1 aromatic carbocycles. The van der Waals surface area contributed by atoms with Crippen molar-refractivity contribution in [2.45, 2.75) is 92.1 Å². The van der Waals surface area contributed by atoms with Gasteiger partial charge in [-0.05, 0) is 85.8 Å². The van der Waals surface area contributed by atoms with Gasteiger partial charge < -0.3 is 24.1 Å².